The van der Waals surface area contributed by atoms with Gasteiger partial charge >= 0.3 is 5.97 Å². The molecule has 4 aliphatic carbocycles. The second-order valence-corrected chi connectivity index (χ2v) is 12.8. The quantitative estimate of drug-likeness (QED) is 0.349. The monoisotopic (exact) mass is 452 g/mol. The predicted octanol–water partition coefficient (Wildman–Crippen LogP) is 7.38. The summed E-state index contributed by atoms with van der Waals surface area (Å²) in [7, 11) is 0. The highest BCUT2D eigenvalue weighted by molar-refractivity contribution is 5.86. The van der Waals surface area contributed by atoms with Gasteiger partial charge in [0, 0.05) is 23.3 Å². The fourth-order valence-corrected chi connectivity index (χ4v) is 8.59. The molecule has 3 saturated carbocycles. The number of allylic oxidation sites excluding steroid dienone is 4. The van der Waals surface area contributed by atoms with E-state index in [4.69, 9.17) is 11.7 Å². The minimum absolute atomic E-state index is 0.140. The van der Waals surface area contributed by atoms with Gasteiger partial charge in [0.2, 0.25) is 0 Å². The number of fused-ring (bicyclic) bond motifs is 5. The van der Waals surface area contributed by atoms with Crippen LogP contribution in [-0.4, -0.2) is 16.9 Å². The molecule has 3 heteroatoms. The Labute approximate surface area is 200 Å². The molecule has 3 nitrogen and oxygen atoms in total. The van der Waals surface area contributed by atoms with Crippen molar-refractivity contribution in [2.75, 3.05) is 0 Å². The van der Waals surface area contributed by atoms with Crippen LogP contribution in [0.15, 0.2) is 35.5 Å². The second kappa shape index (κ2) is 8.24. The average Bonchev–Trinajstić information content (AvgIpc) is 3.06. The summed E-state index contributed by atoms with van der Waals surface area (Å²) in [6.45, 7) is 18.1. The number of hydrogen-bond donors (Lipinski definition) is 1. The third-order valence-electron chi connectivity index (χ3n) is 10.8. The van der Waals surface area contributed by atoms with Crippen LogP contribution in [0.2, 0.25) is 0 Å². The van der Waals surface area contributed by atoms with Gasteiger partial charge in [-0.25, -0.2) is 4.79 Å². The Morgan fingerprint density at radius 2 is 1.91 bits per heavy atom. The van der Waals surface area contributed by atoms with E-state index in [1.165, 1.54) is 31.3 Å². The van der Waals surface area contributed by atoms with Crippen LogP contribution in [0.5, 0.6) is 0 Å². The van der Waals surface area contributed by atoms with Crippen molar-refractivity contribution in [2.24, 2.45) is 45.8 Å². The van der Waals surface area contributed by atoms with Gasteiger partial charge in [0.15, 0.2) is 0 Å². The Morgan fingerprint density at radius 1 is 1.21 bits per heavy atom. The Kier molecular flexibility index (Phi) is 6.11. The van der Waals surface area contributed by atoms with Crippen molar-refractivity contribution in [1.29, 1.82) is 0 Å². The van der Waals surface area contributed by atoms with Crippen molar-refractivity contribution in [3.63, 3.8) is 0 Å². The number of ketones is 1. The van der Waals surface area contributed by atoms with Gasteiger partial charge in [-0.1, -0.05) is 64.5 Å². The summed E-state index contributed by atoms with van der Waals surface area (Å²) in [4.78, 5) is 23.9. The van der Waals surface area contributed by atoms with Crippen molar-refractivity contribution in [2.45, 2.75) is 92.9 Å². The van der Waals surface area contributed by atoms with E-state index in [-0.39, 0.29) is 16.2 Å². The number of aliphatic carboxylic acids is 1. The predicted molar refractivity (Wildman–Crippen MR) is 134 cm³/mol. The molecule has 0 aromatic heterocycles. The molecule has 33 heavy (non-hydrogen) atoms. The minimum atomic E-state index is -0.819. The molecule has 0 aromatic rings. The molecule has 7 atom stereocenters. The number of hydrogen-bond acceptors (Lipinski definition) is 2. The number of carbonyl (C=O) groups is 2. The standard InChI is InChI=1S/C30H44O3/c1-18(9-8-10-19(2)27(32)33)21-13-15-29(6)22-11-12-25-28(4,5)26(31)14-16-30(25,7)24(22)17-23(29)20(21)3/h10,17-18,21-23,25H,3,8-9,11-16H2,1-2,4-7H3,(H,32,33)/b19-10-/t18-,21-,22-,23+,25+,29+,30-/m1/s1. The van der Waals surface area contributed by atoms with Crippen molar-refractivity contribution >= 4 is 11.8 Å². The highest BCUT2D eigenvalue weighted by Gasteiger charge is 2.62. The first-order valence-electron chi connectivity index (χ1n) is 13.2. The second-order valence-electron chi connectivity index (χ2n) is 12.8. The minimum Gasteiger partial charge on any atom is -0.478 e. The van der Waals surface area contributed by atoms with E-state index < -0.39 is 5.97 Å². The van der Waals surface area contributed by atoms with E-state index in [2.05, 4.69) is 40.7 Å². The summed E-state index contributed by atoms with van der Waals surface area (Å²) in [5.74, 6) is 2.16. The topological polar surface area (TPSA) is 54.4 Å². The Hall–Kier alpha value is -1.64. The maximum absolute atomic E-state index is 12.8. The van der Waals surface area contributed by atoms with Crippen molar-refractivity contribution in [3.05, 3.63) is 35.5 Å². The lowest BCUT2D eigenvalue weighted by atomic mass is 9.46. The molecule has 0 unspecified atom stereocenters. The lowest BCUT2D eigenvalue weighted by molar-refractivity contribution is -0.140. The third-order valence-corrected chi connectivity index (χ3v) is 10.8. The van der Waals surface area contributed by atoms with Gasteiger partial charge in [-0.3, -0.25) is 4.79 Å². The largest absolute Gasteiger partial charge is 0.478 e. The fourth-order valence-electron chi connectivity index (χ4n) is 8.59. The van der Waals surface area contributed by atoms with E-state index in [1.54, 1.807) is 12.5 Å². The fraction of sp³-hybridized carbons (Fsp3) is 0.733. The number of Topliss-reactive ketones (excluding diaryl/α,β-unsaturated/α-hetero) is 1. The maximum Gasteiger partial charge on any atom is 0.330 e. The molecular formula is C30H44O3. The average molecular weight is 453 g/mol. The van der Waals surface area contributed by atoms with E-state index in [1.807, 2.05) is 6.08 Å². The lowest BCUT2D eigenvalue weighted by Gasteiger charge is -2.57. The zero-order chi connectivity index (χ0) is 24.3. The molecule has 0 bridgehead atoms. The molecule has 4 aliphatic rings. The molecule has 0 spiro atoms. The lowest BCUT2D eigenvalue weighted by Crippen LogP contribution is -2.52. The van der Waals surface area contributed by atoms with E-state index in [0.717, 1.165) is 25.7 Å². The summed E-state index contributed by atoms with van der Waals surface area (Å²) >= 11 is 0. The number of carboxylic acid groups (broad SMARTS) is 1. The van der Waals surface area contributed by atoms with Crippen LogP contribution in [0, 0.1) is 45.8 Å². The number of carboxylic acids is 1. The molecule has 0 amide bonds. The van der Waals surface area contributed by atoms with Crippen molar-refractivity contribution in [3.8, 4) is 0 Å². The van der Waals surface area contributed by atoms with Crippen molar-refractivity contribution in [1.82, 2.24) is 0 Å². The highest BCUT2D eigenvalue weighted by atomic mass is 16.4. The van der Waals surface area contributed by atoms with Crippen molar-refractivity contribution < 1.29 is 14.7 Å². The van der Waals surface area contributed by atoms with Crippen LogP contribution >= 0.6 is 0 Å². The van der Waals surface area contributed by atoms with E-state index in [0.29, 0.717) is 40.9 Å². The van der Waals surface area contributed by atoms with Gasteiger partial charge < -0.3 is 5.11 Å². The zero-order valence-corrected chi connectivity index (χ0v) is 21.7. The summed E-state index contributed by atoms with van der Waals surface area (Å²) in [5, 5.41) is 9.11. The number of carbonyl (C=O) groups excluding carboxylic acids is 1. The molecule has 0 aromatic carbocycles. The van der Waals surface area contributed by atoms with E-state index in [9.17, 15) is 9.59 Å². The molecule has 182 valence electrons. The maximum atomic E-state index is 12.8. The number of rotatable bonds is 5. The van der Waals surface area contributed by atoms with Crippen LogP contribution in [0.25, 0.3) is 0 Å². The van der Waals surface area contributed by atoms with Gasteiger partial charge in [-0.2, -0.15) is 0 Å². The molecular weight excluding hydrogens is 408 g/mol. The highest BCUT2D eigenvalue weighted by Crippen LogP contribution is 2.69. The van der Waals surface area contributed by atoms with Gasteiger partial charge in [0.1, 0.15) is 5.78 Å². The summed E-state index contributed by atoms with van der Waals surface area (Å²) in [6.07, 6.45) is 12.9. The van der Waals surface area contributed by atoms with E-state index >= 15 is 0 Å². The van der Waals surface area contributed by atoms with Crippen LogP contribution in [0.4, 0.5) is 0 Å². The Morgan fingerprint density at radius 3 is 2.58 bits per heavy atom. The Bertz CT molecular complexity index is 921. The first-order valence-corrected chi connectivity index (χ1v) is 13.2. The van der Waals surface area contributed by atoms with Crippen LogP contribution in [-0.2, 0) is 9.59 Å². The van der Waals surface area contributed by atoms with Crippen LogP contribution in [0.1, 0.15) is 92.9 Å². The SMILES string of the molecule is C=C1[C@@H]([C@H](C)CC/C=C(/C)C(=O)O)CC[C@@]2(C)[C@@H]3CC[C@H]4C(C)(C)C(=O)CC[C@]4(C)C3=C[C@@H]12. The molecule has 4 rings (SSSR count). The summed E-state index contributed by atoms with van der Waals surface area (Å²) in [6, 6.07) is 0. The molecule has 1 N–H and O–H groups in total. The van der Waals surface area contributed by atoms with Crippen LogP contribution in [0.3, 0.4) is 0 Å². The molecule has 0 radical (unpaired) electrons. The van der Waals surface area contributed by atoms with Crippen LogP contribution < -0.4 is 0 Å². The molecule has 3 fully saturated rings. The molecule has 0 heterocycles. The van der Waals surface area contributed by atoms with Gasteiger partial charge in [0.05, 0.1) is 0 Å². The van der Waals surface area contributed by atoms with Gasteiger partial charge in [-0.15, -0.1) is 0 Å². The Balaban J connectivity index is 1.56. The third kappa shape index (κ3) is 3.69. The molecule has 0 saturated heterocycles. The van der Waals surface area contributed by atoms with Gasteiger partial charge in [-0.05, 0) is 86.4 Å². The summed E-state index contributed by atoms with van der Waals surface area (Å²) in [5.41, 5.74) is 3.69. The molecule has 0 aliphatic heterocycles. The zero-order valence-electron chi connectivity index (χ0n) is 21.7. The first kappa shape index (κ1) is 24.5. The normalized spacial score (nSPS) is 41.0. The first-order chi connectivity index (χ1) is 15.3. The van der Waals surface area contributed by atoms with Gasteiger partial charge in [0.25, 0.3) is 0 Å². The smallest absolute Gasteiger partial charge is 0.330 e. The summed E-state index contributed by atoms with van der Waals surface area (Å²) < 4.78 is 0.